The molecule has 4 heteroatoms. The number of unbranched alkanes of at least 4 members (excludes halogenated alkanes) is 1. The van der Waals surface area contributed by atoms with Gasteiger partial charge in [0.15, 0.2) is 9.84 Å². The molecular formula is C16H27NO2S. The monoisotopic (exact) mass is 297 g/mol. The number of nitrogens with one attached hydrogen (secondary N) is 1. The van der Waals surface area contributed by atoms with Gasteiger partial charge in [0.25, 0.3) is 0 Å². The molecule has 1 aromatic rings. The average molecular weight is 297 g/mol. The third-order valence-electron chi connectivity index (χ3n) is 3.51. The Kier molecular flexibility index (Phi) is 7.06. The van der Waals surface area contributed by atoms with E-state index < -0.39 is 9.84 Å². The molecule has 0 bridgehead atoms. The Labute approximate surface area is 123 Å². The summed E-state index contributed by atoms with van der Waals surface area (Å²) in [7, 11) is -3.10. The van der Waals surface area contributed by atoms with Crippen LogP contribution in [0.3, 0.4) is 0 Å². The molecule has 1 aromatic carbocycles. The van der Waals surface area contributed by atoms with E-state index in [9.17, 15) is 8.42 Å². The van der Waals surface area contributed by atoms with E-state index in [0.717, 1.165) is 18.5 Å². The second kappa shape index (κ2) is 8.30. The van der Waals surface area contributed by atoms with Gasteiger partial charge in [-0.15, -0.1) is 0 Å². The maximum absolute atomic E-state index is 11.8. The summed E-state index contributed by atoms with van der Waals surface area (Å²) in [6.07, 6.45) is 5.90. The molecule has 1 unspecified atom stereocenters. The van der Waals surface area contributed by atoms with Gasteiger partial charge >= 0.3 is 0 Å². The van der Waals surface area contributed by atoms with E-state index in [1.807, 2.05) is 12.1 Å². The van der Waals surface area contributed by atoms with Gasteiger partial charge in [0, 0.05) is 11.7 Å². The first-order valence-corrected chi connectivity index (χ1v) is 9.28. The Morgan fingerprint density at radius 1 is 1.00 bits per heavy atom. The van der Waals surface area contributed by atoms with Crippen LogP contribution < -0.4 is 5.32 Å². The first-order valence-electron chi connectivity index (χ1n) is 7.62. The molecule has 0 saturated carbocycles. The number of anilines is 1. The summed E-state index contributed by atoms with van der Waals surface area (Å²) >= 11 is 0. The normalized spacial score (nSPS) is 13.2. The molecule has 0 aliphatic heterocycles. The smallest absolute Gasteiger partial charge is 0.178 e. The van der Waals surface area contributed by atoms with Crippen molar-refractivity contribution in [3.63, 3.8) is 0 Å². The van der Waals surface area contributed by atoms with Crippen molar-refractivity contribution >= 4 is 15.5 Å². The van der Waals surface area contributed by atoms with Crippen LogP contribution in [0.15, 0.2) is 29.2 Å². The van der Waals surface area contributed by atoms with Gasteiger partial charge in [-0.2, -0.15) is 0 Å². The third kappa shape index (κ3) is 5.16. The van der Waals surface area contributed by atoms with Crippen LogP contribution in [0.2, 0.25) is 0 Å². The Bertz CT molecular complexity index is 480. The fourth-order valence-electron chi connectivity index (χ4n) is 2.25. The molecule has 1 atom stereocenters. The van der Waals surface area contributed by atoms with Gasteiger partial charge in [-0.3, -0.25) is 0 Å². The van der Waals surface area contributed by atoms with Crippen LogP contribution in [-0.2, 0) is 9.84 Å². The van der Waals surface area contributed by atoms with Crippen LogP contribution >= 0.6 is 0 Å². The van der Waals surface area contributed by atoms with E-state index in [-0.39, 0.29) is 5.75 Å². The minimum Gasteiger partial charge on any atom is -0.382 e. The van der Waals surface area contributed by atoms with Crippen LogP contribution in [0, 0.1) is 0 Å². The van der Waals surface area contributed by atoms with Crippen molar-refractivity contribution < 1.29 is 8.42 Å². The summed E-state index contributed by atoms with van der Waals surface area (Å²) in [5.74, 6) is 0.148. The van der Waals surface area contributed by atoms with Crippen LogP contribution in [0.4, 0.5) is 5.69 Å². The zero-order valence-corrected chi connectivity index (χ0v) is 13.7. The molecular weight excluding hydrogens is 270 g/mol. The number of benzene rings is 1. The maximum Gasteiger partial charge on any atom is 0.178 e. The molecule has 0 fully saturated rings. The largest absolute Gasteiger partial charge is 0.382 e. The van der Waals surface area contributed by atoms with Crippen molar-refractivity contribution in [2.75, 3.05) is 11.1 Å². The number of hydrogen-bond donors (Lipinski definition) is 1. The molecule has 0 heterocycles. The van der Waals surface area contributed by atoms with Crippen LogP contribution in [0.1, 0.15) is 52.9 Å². The molecule has 0 radical (unpaired) electrons. The Balaban J connectivity index is 2.72. The maximum atomic E-state index is 11.8. The van der Waals surface area contributed by atoms with E-state index >= 15 is 0 Å². The quantitative estimate of drug-likeness (QED) is 0.741. The van der Waals surface area contributed by atoms with Gasteiger partial charge in [0.2, 0.25) is 0 Å². The van der Waals surface area contributed by atoms with Crippen molar-refractivity contribution in [1.82, 2.24) is 0 Å². The first kappa shape index (κ1) is 17.0. The number of sulfone groups is 1. The minimum absolute atomic E-state index is 0.148. The van der Waals surface area contributed by atoms with Crippen molar-refractivity contribution in [2.24, 2.45) is 0 Å². The zero-order valence-electron chi connectivity index (χ0n) is 12.9. The molecule has 0 aliphatic carbocycles. The highest BCUT2D eigenvalue weighted by atomic mass is 32.2. The highest BCUT2D eigenvalue weighted by molar-refractivity contribution is 7.91. The van der Waals surface area contributed by atoms with Crippen LogP contribution in [0.5, 0.6) is 0 Å². The van der Waals surface area contributed by atoms with Gasteiger partial charge in [-0.1, -0.05) is 40.0 Å². The summed E-state index contributed by atoms with van der Waals surface area (Å²) in [5.41, 5.74) is 1.01. The first-order chi connectivity index (χ1) is 9.53. The van der Waals surface area contributed by atoms with Crippen molar-refractivity contribution in [3.05, 3.63) is 24.3 Å². The predicted octanol–water partition coefficient (Wildman–Crippen LogP) is 4.25. The summed E-state index contributed by atoms with van der Waals surface area (Å²) < 4.78 is 23.5. The molecule has 0 amide bonds. The summed E-state index contributed by atoms with van der Waals surface area (Å²) in [4.78, 5) is 0.408. The molecule has 0 aromatic heterocycles. The van der Waals surface area contributed by atoms with E-state index in [1.165, 1.54) is 19.3 Å². The Morgan fingerprint density at radius 2 is 1.65 bits per heavy atom. The van der Waals surface area contributed by atoms with E-state index in [2.05, 4.69) is 19.2 Å². The SMILES string of the molecule is CCCCC(CCC)Nc1ccc(S(=O)(=O)CC)cc1. The lowest BCUT2D eigenvalue weighted by atomic mass is 10.0. The molecule has 0 aliphatic rings. The molecule has 0 spiro atoms. The predicted molar refractivity (Wildman–Crippen MR) is 86.0 cm³/mol. The van der Waals surface area contributed by atoms with E-state index in [4.69, 9.17) is 0 Å². The minimum atomic E-state index is -3.10. The topological polar surface area (TPSA) is 46.2 Å². The molecule has 20 heavy (non-hydrogen) atoms. The summed E-state index contributed by atoms with van der Waals surface area (Å²) in [5, 5.41) is 3.52. The highest BCUT2D eigenvalue weighted by Gasteiger charge is 2.12. The fraction of sp³-hybridized carbons (Fsp3) is 0.625. The molecule has 3 nitrogen and oxygen atoms in total. The van der Waals surface area contributed by atoms with Gasteiger partial charge in [-0.25, -0.2) is 8.42 Å². The average Bonchev–Trinajstić information content (AvgIpc) is 2.45. The Morgan fingerprint density at radius 3 is 2.15 bits per heavy atom. The highest BCUT2D eigenvalue weighted by Crippen LogP contribution is 2.18. The van der Waals surface area contributed by atoms with Crippen molar-refractivity contribution in [3.8, 4) is 0 Å². The molecule has 1 rings (SSSR count). The van der Waals surface area contributed by atoms with Gasteiger partial charge in [0.1, 0.15) is 0 Å². The summed E-state index contributed by atoms with van der Waals surface area (Å²) in [6.45, 7) is 6.06. The number of rotatable bonds is 9. The lowest BCUT2D eigenvalue weighted by Crippen LogP contribution is -2.19. The zero-order chi connectivity index (χ0) is 15.0. The number of hydrogen-bond acceptors (Lipinski definition) is 3. The third-order valence-corrected chi connectivity index (χ3v) is 5.26. The van der Waals surface area contributed by atoms with Gasteiger partial charge in [-0.05, 0) is 37.1 Å². The van der Waals surface area contributed by atoms with Gasteiger partial charge in [0.05, 0.1) is 10.6 Å². The van der Waals surface area contributed by atoms with Crippen LogP contribution in [0.25, 0.3) is 0 Å². The Hall–Kier alpha value is -1.03. The lowest BCUT2D eigenvalue weighted by molar-refractivity contribution is 0.564. The molecule has 114 valence electrons. The van der Waals surface area contributed by atoms with Gasteiger partial charge < -0.3 is 5.32 Å². The molecule has 1 N–H and O–H groups in total. The van der Waals surface area contributed by atoms with Crippen LogP contribution in [-0.4, -0.2) is 20.2 Å². The van der Waals surface area contributed by atoms with E-state index in [0.29, 0.717) is 10.9 Å². The lowest BCUT2D eigenvalue weighted by Gasteiger charge is -2.19. The second-order valence-corrected chi connectivity index (χ2v) is 7.48. The van der Waals surface area contributed by atoms with Crippen molar-refractivity contribution in [1.29, 1.82) is 0 Å². The van der Waals surface area contributed by atoms with E-state index in [1.54, 1.807) is 19.1 Å². The summed E-state index contributed by atoms with van der Waals surface area (Å²) in [6, 6.07) is 7.62. The van der Waals surface area contributed by atoms with Crippen molar-refractivity contribution in [2.45, 2.75) is 63.8 Å². The fourth-order valence-corrected chi connectivity index (χ4v) is 3.13. The molecule has 0 saturated heterocycles. The second-order valence-electron chi connectivity index (χ2n) is 5.20. The standard InChI is InChI=1S/C16H27NO2S/c1-4-7-9-14(8-5-2)17-15-10-12-16(13-11-15)20(18,19)6-3/h10-14,17H,4-9H2,1-3H3.